The molecule has 0 fully saturated rings. The van der Waals surface area contributed by atoms with Gasteiger partial charge in [0.05, 0.1) is 16.7 Å². The highest BCUT2D eigenvalue weighted by Crippen LogP contribution is 2.12. The van der Waals surface area contributed by atoms with Gasteiger partial charge in [-0.25, -0.2) is 4.98 Å². The van der Waals surface area contributed by atoms with Crippen molar-refractivity contribution < 1.29 is 0 Å². The Morgan fingerprint density at radius 1 is 1.13 bits per heavy atom. The van der Waals surface area contributed by atoms with E-state index in [4.69, 9.17) is 0 Å². The van der Waals surface area contributed by atoms with Crippen molar-refractivity contribution in [2.24, 2.45) is 0 Å². The smallest absolute Gasteiger partial charge is 0.0892 e. The molecule has 2 rings (SSSR count). The fraction of sp³-hybridized carbons (Fsp3) is 0.385. The van der Waals surface area contributed by atoms with E-state index in [0.29, 0.717) is 0 Å². The molecule has 2 aromatic rings. The second-order valence-corrected chi connectivity index (χ2v) is 3.19. The normalized spacial score (nSPS) is 9.60. The summed E-state index contributed by atoms with van der Waals surface area (Å²) in [6.07, 6.45) is 2.85. The standard InChI is InChI=1S/C11H12N2.C2H6/c1-3-9-4-5-10-11(6-9)13-8(2)7-12-10;1-2/h4-7H,3H2,1-2H3;1-2H3. The van der Waals surface area contributed by atoms with E-state index in [-0.39, 0.29) is 0 Å². The number of hydrogen-bond acceptors (Lipinski definition) is 2. The summed E-state index contributed by atoms with van der Waals surface area (Å²) in [6.45, 7) is 8.11. The average molecular weight is 202 g/mol. The molecule has 1 aromatic carbocycles. The lowest BCUT2D eigenvalue weighted by atomic mass is 10.1. The third-order valence-corrected chi connectivity index (χ3v) is 2.14. The molecule has 80 valence electrons. The molecular formula is C13H18N2. The van der Waals surface area contributed by atoms with Crippen LogP contribution in [0.15, 0.2) is 24.4 Å². The zero-order valence-electron chi connectivity index (χ0n) is 9.91. The van der Waals surface area contributed by atoms with Crippen molar-refractivity contribution in [3.63, 3.8) is 0 Å². The lowest BCUT2D eigenvalue weighted by molar-refractivity contribution is 1.13. The van der Waals surface area contributed by atoms with Crippen molar-refractivity contribution in [1.82, 2.24) is 9.97 Å². The van der Waals surface area contributed by atoms with Gasteiger partial charge in [-0.15, -0.1) is 0 Å². The van der Waals surface area contributed by atoms with Crippen LogP contribution in [0, 0.1) is 6.92 Å². The molecule has 2 heteroatoms. The highest BCUT2D eigenvalue weighted by Gasteiger charge is 1.97. The summed E-state index contributed by atoms with van der Waals surface area (Å²) in [7, 11) is 0. The van der Waals surface area contributed by atoms with Gasteiger partial charge in [0.1, 0.15) is 0 Å². The monoisotopic (exact) mass is 202 g/mol. The Kier molecular flexibility index (Phi) is 4.22. The van der Waals surface area contributed by atoms with Crippen molar-refractivity contribution in [2.45, 2.75) is 34.1 Å². The lowest BCUT2D eigenvalue weighted by Crippen LogP contribution is -1.88. The first-order chi connectivity index (χ1) is 7.29. The number of rotatable bonds is 1. The Morgan fingerprint density at radius 3 is 2.53 bits per heavy atom. The van der Waals surface area contributed by atoms with E-state index in [9.17, 15) is 0 Å². The first kappa shape index (κ1) is 11.6. The summed E-state index contributed by atoms with van der Waals surface area (Å²) >= 11 is 0. The molecule has 0 unspecified atom stereocenters. The van der Waals surface area contributed by atoms with E-state index < -0.39 is 0 Å². The fourth-order valence-corrected chi connectivity index (χ4v) is 1.37. The van der Waals surface area contributed by atoms with Crippen LogP contribution in [0.3, 0.4) is 0 Å². The van der Waals surface area contributed by atoms with Gasteiger partial charge >= 0.3 is 0 Å². The van der Waals surface area contributed by atoms with E-state index >= 15 is 0 Å². The van der Waals surface area contributed by atoms with Gasteiger partial charge in [0.15, 0.2) is 0 Å². The zero-order valence-corrected chi connectivity index (χ0v) is 9.91. The fourth-order valence-electron chi connectivity index (χ4n) is 1.37. The summed E-state index contributed by atoms with van der Waals surface area (Å²) in [5.41, 5.74) is 4.26. The third-order valence-electron chi connectivity index (χ3n) is 2.14. The van der Waals surface area contributed by atoms with Crippen LogP contribution >= 0.6 is 0 Å². The molecule has 0 radical (unpaired) electrons. The molecule has 0 atom stereocenters. The maximum absolute atomic E-state index is 4.42. The van der Waals surface area contributed by atoms with Crippen LogP contribution in [-0.4, -0.2) is 9.97 Å². The second kappa shape index (κ2) is 5.44. The summed E-state index contributed by atoms with van der Waals surface area (Å²) in [4.78, 5) is 8.72. The van der Waals surface area contributed by atoms with Gasteiger partial charge in [0.25, 0.3) is 0 Å². The first-order valence-electron chi connectivity index (χ1n) is 5.52. The average Bonchev–Trinajstić information content (AvgIpc) is 2.30. The summed E-state index contributed by atoms with van der Waals surface area (Å²) < 4.78 is 0. The Hall–Kier alpha value is -1.44. The highest BCUT2D eigenvalue weighted by molar-refractivity contribution is 5.74. The first-order valence-corrected chi connectivity index (χ1v) is 5.52. The summed E-state index contributed by atoms with van der Waals surface area (Å²) in [5, 5.41) is 0. The number of hydrogen-bond donors (Lipinski definition) is 0. The van der Waals surface area contributed by atoms with Crippen LogP contribution in [0.1, 0.15) is 32.0 Å². The lowest BCUT2D eigenvalue weighted by Gasteiger charge is -2.00. The minimum Gasteiger partial charge on any atom is -0.253 e. The predicted octanol–water partition coefficient (Wildman–Crippen LogP) is 3.53. The Balaban J connectivity index is 0.000000531. The predicted molar refractivity (Wildman–Crippen MR) is 65.0 cm³/mol. The quantitative estimate of drug-likeness (QED) is 0.707. The second-order valence-electron chi connectivity index (χ2n) is 3.19. The number of aromatic nitrogens is 2. The van der Waals surface area contributed by atoms with E-state index in [0.717, 1.165) is 23.1 Å². The molecule has 0 saturated heterocycles. The van der Waals surface area contributed by atoms with Crippen molar-refractivity contribution in [1.29, 1.82) is 0 Å². The van der Waals surface area contributed by atoms with Crippen LogP contribution in [0.4, 0.5) is 0 Å². The van der Waals surface area contributed by atoms with E-state index in [1.807, 2.05) is 26.8 Å². The molecule has 0 N–H and O–H groups in total. The molecule has 15 heavy (non-hydrogen) atoms. The largest absolute Gasteiger partial charge is 0.253 e. The van der Waals surface area contributed by atoms with Crippen molar-refractivity contribution in [2.75, 3.05) is 0 Å². The topological polar surface area (TPSA) is 25.8 Å². The van der Waals surface area contributed by atoms with Gasteiger partial charge in [-0.05, 0) is 31.0 Å². The van der Waals surface area contributed by atoms with Crippen LogP contribution in [-0.2, 0) is 6.42 Å². The SMILES string of the molecule is CC.CCc1ccc2ncc(C)nc2c1. The number of fused-ring (bicyclic) bond motifs is 1. The van der Waals surface area contributed by atoms with E-state index in [1.165, 1.54) is 5.56 Å². The van der Waals surface area contributed by atoms with Crippen LogP contribution < -0.4 is 0 Å². The highest BCUT2D eigenvalue weighted by atomic mass is 14.8. The molecule has 0 aliphatic heterocycles. The summed E-state index contributed by atoms with van der Waals surface area (Å²) in [6, 6.07) is 6.24. The Morgan fingerprint density at radius 2 is 1.87 bits per heavy atom. The van der Waals surface area contributed by atoms with Gasteiger partial charge in [-0.3, -0.25) is 4.98 Å². The maximum atomic E-state index is 4.42. The molecule has 1 heterocycles. The molecule has 1 aromatic heterocycles. The number of nitrogens with zero attached hydrogens (tertiary/aromatic N) is 2. The maximum Gasteiger partial charge on any atom is 0.0892 e. The van der Waals surface area contributed by atoms with Crippen LogP contribution in [0.25, 0.3) is 11.0 Å². The van der Waals surface area contributed by atoms with E-state index in [2.05, 4.69) is 29.0 Å². The van der Waals surface area contributed by atoms with Gasteiger partial charge in [0.2, 0.25) is 0 Å². The Bertz CT molecular complexity index is 435. The van der Waals surface area contributed by atoms with Gasteiger partial charge < -0.3 is 0 Å². The minimum atomic E-state index is 0.973. The molecule has 0 aliphatic rings. The molecule has 0 bridgehead atoms. The summed E-state index contributed by atoms with van der Waals surface area (Å²) in [5.74, 6) is 0. The van der Waals surface area contributed by atoms with Gasteiger partial charge in [0, 0.05) is 6.20 Å². The number of benzene rings is 1. The van der Waals surface area contributed by atoms with Gasteiger partial charge in [-0.1, -0.05) is 26.8 Å². The van der Waals surface area contributed by atoms with Crippen molar-refractivity contribution in [3.8, 4) is 0 Å². The van der Waals surface area contributed by atoms with Crippen LogP contribution in [0.5, 0.6) is 0 Å². The molecule has 0 amide bonds. The molecular weight excluding hydrogens is 184 g/mol. The molecule has 0 saturated carbocycles. The van der Waals surface area contributed by atoms with Gasteiger partial charge in [-0.2, -0.15) is 0 Å². The molecule has 2 nitrogen and oxygen atoms in total. The number of aryl methyl sites for hydroxylation is 2. The van der Waals surface area contributed by atoms with Crippen molar-refractivity contribution in [3.05, 3.63) is 35.7 Å². The zero-order chi connectivity index (χ0) is 11.3. The van der Waals surface area contributed by atoms with E-state index in [1.54, 1.807) is 6.20 Å². The van der Waals surface area contributed by atoms with Crippen molar-refractivity contribution >= 4 is 11.0 Å². The van der Waals surface area contributed by atoms with Crippen LogP contribution in [0.2, 0.25) is 0 Å². The Labute approximate surface area is 91.4 Å². The third kappa shape index (κ3) is 2.75. The molecule has 0 spiro atoms. The molecule has 0 aliphatic carbocycles. The minimum absolute atomic E-state index is 0.973.